The summed E-state index contributed by atoms with van der Waals surface area (Å²) < 4.78 is 48.8. The van der Waals surface area contributed by atoms with Gasteiger partial charge in [0.15, 0.2) is 0 Å². The van der Waals surface area contributed by atoms with Crippen LogP contribution in [0.15, 0.2) is 40.1 Å². The number of nitrogens with zero attached hydrogens (tertiary/aromatic N) is 1. The van der Waals surface area contributed by atoms with E-state index in [2.05, 4.69) is 0 Å². The Balaban J connectivity index is 1.40. The fourth-order valence-corrected chi connectivity index (χ4v) is 4.98. The minimum absolute atomic E-state index is 0.0728. The second-order valence-corrected chi connectivity index (χ2v) is 9.15. The molecule has 0 aliphatic carbocycles. The molecule has 0 radical (unpaired) electrons. The Hall–Kier alpha value is -1.85. The summed E-state index contributed by atoms with van der Waals surface area (Å²) in [5.41, 5.74) is -1.32. The molecule has 2 aliphatic rings. The van der Waals surface area contributed by atoms with Crippen molar-refractivity contribution in [2.24, 2.45) is 0 Å². The summed E-state index contributed by atoms with van der Waals surface area (Å²) in [6.45, 7) is -0.241. The van der Waals surface area contributed by atoms with E-state index >= 15 is 0 Å². The average molecular weight is 477 g/mol. The van der Waals surface area contributed by atoms with Crippen LogP contribution >= 0.6 is 19.4 Å². The van der Waals surface area contributed by atoms with Gasteiger partial charge in [-0.15, -0.1) is 0 Å². The summed E-state index contributed by atoms with van der Waals surface area (Å²) in [5.74, 6) is -1.17. The van der Waals surface area contributed by atoms with Crippen molar-refractivity contribution in [2.75, 3.05) is 13.2 Å². The van der Waals surface area contributed by atoms with Crippen LogP contribution in [0, 0.1) is 5.82 Å². The molecule has 168 valence electrons. The summed E-state index contributed by atoms with van der Waals surface area (Å²) in [5, 5.41) is 10.7. The molecule has 1 aromatic carbocycles. The second-order valence-electron chi connectivity index (χ2n) is 7.09. The Morgan fingerprint density at radius 2 is 2.19 bits per heavy atom. The van der Waals surface area contributed by atoms with E-state index in [0.717, 1.165) is 10.1 Å². The van der Waals surface area contributed by atoms with E-state index in [9.17, 15) is 23.7 Å². The van der Waals surface area contributed by atoms with Crippen LogP contribution < -0.4 is 11.2 Å². The lowest BCUT2D eigenvalue weighted by Crippen LogP contribution is -2.34. The number of rotatable bonds is 5. The maximum absolute atomic E-state index is 13.5. The molecule has 10 nitrogen and oxygen atoms in total. The summed E-state index contributed by atoms with van der Waals surface area (Å²) in [6, 6.07) is 6.92. The number of aliphatic hydroxyl groups excluding tert-OH is 1. The first-order valence-electron chi connectivity index (χ1n) is 9.41. The van der Waals surface area contributed by atoms with Crippen molar-refractivity contribution in [1.29, 1.82) is 0 Å². The molecule has 1 aromatic heterocycles. The molecule has 31 heavy (non-hydrogen) atoms. The molecule has 2 saturated heterocycles. The average Bonchev–Trinajstić information content (AvgIpc) is 3.10. The van der Waals surface area contributed by atoms with Crippen molar-refractivity contribution in [1.82, 2.24) is 9.55 Å². The van der Waals surface area contributed by atoms with Gasteiger partial charge < -0.3 is 9.84 Å². The highest BCUT2D eigenvalue weighted by Gasteiger charge is 2.41. The number of phosphoric ester groups is 1. The van der Waals surface area contributed by atoms with Crippen LogP contribution in [0.1, 0.15) is 30.7 Å². The Bertz CT molecular complexity index is 1120. The van der Waals surface area contributed by atoms with Crippen LogP contribution in [0.2, 0.25) is 5.02 Å². The summed E-state index contributed by atoms with van der Waals surface area (Å²) in [7, 11) is -3.95. The number of phosphoric acid groups is 1. The third-order valence-electron chi connectivity index (χ3n) is 4.94. The standard InChI is InChI=1S/C18H19ClFN2O8P/c19-11-3-1-2-10(6-11)14-4-5-27-31(26,30-14)28-9-15-13(23)7-16(29-15)22-8-12(20)17(24)21-18(22)25/h1-3,6,8,13-16,23H,4-5,7,9H2,(H,21,24,25)/t13-,14?,15+,16+,31?/m0/s1. The summed E-state index contributed by atoms with van der Waals surface area (Å²) >= 11 is 5.99. The molecule has 13 heteroatoms. The molecule has 2 N–H and O–H groups in total. The van der Waals surface area contributed by atoms with Crippen LogP contribution in [0.3, 0.4) is 0 Å². The lowest BCUT2D eigenvalue weighted by atomic mass is 10.1. The minimum atomic E-state index is -3.95. The lowest BCUT2D eigenvalue weighted by Gasteiger charge is -2.30. The van der Waals surface area contributed by atoms with Gasteiger partial charge in [-0.25, -0.2) is 9.36 Å². The Morgan fingerprint density at radius 3 is 2.97 bits per heavy atom. The van der Waals surface area contributed by atoms with Crippen LogP contribution in [-0.2, 0) is 22.9 Å². The van der Waals surface area contributed by atoms with Crippen LogP contribution in [0.25, 0.3) is 0 Å². The van der Waals surface area contributed by atoms with E-state index in [4.69, 9.17) is 29.9 Å². The maximum Gasteiger partial charge on any atom is 0.475 e. The predicted octanol–water partition coefficient (Wildman–Crippen LogP) is 2.28. The number of aliphatic hydroxyl groups is 1. The van der Waals surface area contributed by atoms with Gasteiger partial charge in [0.25, 0.3) is 5.56 Å². The molecule has 5 atom stereocenters. The molecular weight excluding hydrogens is 458 g/mol. The third-order valence-corrected chi connectivity index (χ3v) is 6.65. The number of benzene rings is 1. The largest absolute Gasteiger partial charge is 0.475 e. The summed E-state index contributed by atoms with van der Waals surface area (Å²) in [4.78, 5) is 24.9. The number of aromatic amines is 1. The first-order valence-corrected chi connectivity index (χ1v) is 11.3. The number of aromatic nitrogens is 2. The normalized spacial score (nSPS) is 31.1. The van der Waals surface area contributed by atoms with E-state index in [0.29, 0.717) is 17.6 Å². The fraction of sp³-hybridized carbons (Fsp3) is 0.444. The zero-order valence-electron chi connectivity index (χ0n) is 16.0. The van der Waals surface area contributed by atoms with Gasteiger partial charge in [0.2, 0.25) is 5.82 Å². The van der Waals surface area contributed by atoms with Gasteiger partial charge in [0.1, 0.15) is 12.3 Å². The molecule has 2 unspecified atom stereocenters. The Morgan fingerprint density at radius 1 is 1.39 bits per heavy atom. The zero-order chi connectivity index (χ0) is 22.2. The number of halogens is 2. The quantitative estimate of drug-likeness (QED) is 0.629. The van der Waals surface area contributed by atoms with Crippen molar-refractivity contribution in [2.45, 2.75) is 37.4 Å². The topological polar surface area (TPSA) is 129 Å². The monoisotopic (exact) mass is 476 g/mol. The molecule has 0 spiro atoms. The maximum atomic E-state index is 13.5. The highest BCUT2D eigenvalue weighted by molar-refractivity contribution is 7.48. The van der Waals surface area contributed by atoms with Crippen molar-refractivity contribution in [3.05, 3.63) is 67.7 Å². The van der Waals surface area contributed by atoms with Crippen LogP contribution in [-0.4, -0.2) is 40.1 Å². The van der Waals surface area contributed by atoms with Crippen molar-refractivity contribution in [3.8, 4) is 0 Å². The number of nitrogens with one attached hydrogen (secondary N) is 1. The number of hydrogen-bond acceptors (Lipinski definition) is 8. The number of H-pyrrole nitrogens is 1. The molecule has 0 saturated carbocycles. The smallest absolute Gasteiger partial charge is 0.390 e. The fourth-order valence-electron chi connectivity index (χ4n) is 3.39. The van der Waals surface area contributed by atoms with Crippen LogP contribution in [0.5, 0.6) is 0 Å². The van der Waals surface area contributed by atoms with Gasteiger partial charge in [-0.3, -0.25) is 27.9 Å². The third kappa shape index (κ3) is 4.98. The molecular formula is C18H19ClFN2O8P. The Kier molecular flexibility index (Phi) is 6.45. The molecule has 4 rings (SSSR count). The first-order chi connectivity index (χ1) is 14.7. The molecule has 3 heterocycles. The molecule has 2 aliphatic heterocycles. The van der Waals surface area contributed by atoms with Crippen LogP contribution in [0.4, 0.5) is 4.39 Å². The zero-order valence-corrected chi connectivity index (χ0v) is 17.6. The second kappa shape index (κ2) is 8.95. The summed E-state index contributed by atoms with van der Waals surface area (Å²) in [6.07, 6.45) is -2.62. The molecule has 2 fully saturated rings. The minimum Gasteiger partial charge on any atom is -0.390 e. The van der Waals surface area contributed by atoms with E-state index in [1.165, 1.54) is 0 Å². The van der Waals surface area contributed by atoms with E-state index < -0.39 is 49.4 Å². The van der Waals surface area contributed by atoms with Gasteiger partial charge in [-0.1, -0.05) is 23.7 Å². The Labute approximate surface area is 180 Å². The van der Waals surface area contributed by atoms with Crippen molar-refractivity contribution >= 4 is 19.4 Å². The first kappa shape index (κ1) is 22.3. The van der Waals surface area contributed by atoms with Crippen molar-refractivity contribution < 1.29 is 32.4 Å². The highest BCUT2D eigenvalue weighted by atomic mass is 35.5. The molecule has 0 amide bonds. The lowest BCUT2D eigenvalue weighted by molar-refractivity contribution is -0.0551. The van der Waals surface area contributed by atoms with Gasteiger partial charge in [0, 0.05) is 17.9 Å². The van der Waals surface area contributed by atoms with E-state index in [1.807, 2.05) is 4.98 Å². The van der Waals surface area contributed by atoms with Gasteiger partial charge in [-0.05, 0) is 17.7 Å². The van der Waals surface area contributed by atoms with E-state index in [1.54, 1.807) is 24.3 Å². The number of ether oxygens (including phenoxy) is 1. The number of hydrogen-bond donors (Lipinski definition) is 2. The van der Waals surface area contributed by atoms with Gasteiger partial charge in [0.05, 0.1) is 31.6 Å². The SMILES string of the molecule is O=c1[nH]c(=O)n([C@H]2C[C@H](O)[C@@H](COP3(=O)OCCC(c4cccc(Cl)c4)O3)O2)cc1F. The van der Waals surface area contributed by atoms with Gasteiger partial charge in [-0.2, -0.15) is 4.39 Å². The van der Waals surface area contributed by atoms with E-state index in [-0.39, 0.29) is 19.6 Å². The molecule has 2 aromatic rings. The highest BCUT2D eigenvalue weighted by Crippen LogP contribution is 2.57. The van der Waals surface area contributed by atoms with Crippen molar-refractivity contribution in [3.63, 3.8) is 0 Å². The van der Waals surface area contributed by atoms with Gasteiger partial charge >= 0.3 is 13.5 Å². The molecule has 0 bridgehead atoms. The predicted molar refractivity (Wildman–Crippen MR) is 105 cm³/mol.